The fraction of sp³-hybridized carbons (Fsp3) is 0.538. The van der Waals surface area contributed by atoms with E-state index in [0.717, 1.165) is 0 Å². The third-order valence-corrected chi connectivity index (χ3v) is 3.19. The average Bonchev–Trinajstić information content (AvgIpc) is 2.12. The van der Waals surface area contributed by atoms with Gasteiger partial charge in [-0.05, 0) is 49.9 Å². The highest BCUT2D eigenvalue weighted by molar-refractivity contribution is 5.60. The Morgan fingerprint density at radius 3 is 2.47 bits per heavy atom. The Balaban J connectivity index is 2.11. The van der Waals surface area contributed by atoms with Gasteiger partial charge in [0, 0.05) is 31.5 Å². The Kier molecular flexibility index (Phi) is 2.85. The SMILES string of the molecule is Cc1cc(N(C)C)ccc1NC1CCC1. The van der Waals surface area contributed by atoms with Crippen molar-refractivity contribution in [1.29, 1.82) is 0 Å². The van der Waals surface area contributed by atoms with Gasteiger partial charge in [0.1, 0.15) is 0 Å². The van der Waals surface area contributed by atoms with Gasteiger partial charge in [0.25, 0.3) is 0 Å². The molecule has 2 nitrogen and oxygen atoms in total. The van der Waals surface area contributed by atoms with Crippen LogP contribution in [-0.2, 0) is 0 Å². The summed E-state index contributed by atoms with van der Waals surface area (Å²) in [5.41, 5.74) is 3.91. The molecule has 0 amide bonds. The molecule has 0 radical (unpaired) electrons. The van der Waals surface area contributed by atoms with Crippen LogP contribution >= 0.6 is 0 Å². The fourth-order valence-corrected chi connectivity index (χ4v) is 1.86. The topological polar surface area (TPSA) is 15.3 Å². The van der Waals surface area contributed by atoms with Gasteiger partial charge in [-0.1, -0.05) is 0 Å². The van der Waals surface area contributed by atoms with Crippen molar-refractivity contribution < 1.29 is 0 Å². The minimum Gasteiger partial charge on any atom is -0.382 e. The van der Waals surface area contributed by atoms with Crippen molar-refractivity contribution >= 4 is 11.4 Å². The summed E-state index contributed by atoms with van der Waals surface area (Å²) in [6.07, 6.45) is 4.04. The first-order valence-electron chi connectivity index (χ1n) is 5.71. The zero-order valence-electron chi connectivity index (χ0n) is 9.88. The lowest BCUT2D eigenvalue weighted by Crippen LogP contribution is -2.27. The summed E-state index contributed by atoms with van der Waals surface area (Å²) in [4.78, 5) is 2.14. The van der Waals surface area contributed by atoms with Gasteiger partial charge in [0.15, 0.2) is 0 Å². The molecule has 2 rings (SSSR count). The maximum atomic E-state index is 3.59. The van der Waals surface area contributed by atoms with E-state index in [2.05, 4.69) is 49.4 Å². The third-order valence-electron chi connectivity index (χ3n) is 3.19. The number of benzene rings is 1. The molecule has 0 aliphatic heterocycles. The Morgan fingerprint density at radius 1 is 1.27 bits per heavy atom. The maximum absolute atomic E-state index is 3.59. The molecule has 15 heavy (non-hydrogen) atoms. The largest absolute Gasteiger partial charge is 0.382 e. The van der Waals surface area contributed by atoms with E-state index in [9.17, 15) is 0 Å². The van der Waals surface area contributed by atoms with Crippen molar-refractivity contribution in [2.24, 2.45) is 0 Å². The first-order chi connectivity index (χ1) is 7.16. The zero-order valence-corrected chi connectivity index (χ0v) is 9.88. The van der Waals surface area contributed by atoms with Gasteiger partial charge < -0.3 is 10.2 Å². The molecule has 0 atom stereocenters. The van der Waals surface area contributed by atoms with Gasteiger partial charge in [-0.2, -0.15) is 0 Å². The van der Waals surface area contributed by atoms with Gasteiger partial charge in [-0.15, -0.1) is 0 Å². The van der Waals surface area contributed by atoms with Crippen LogP contribution in [0.4, 0.5) is 11.4 Å². The molecule has 0 saturated heterocycles. The molecule has 0 bridgehead atoms. The van der Waals surface area contributed by atoms with Crippen LogP contribution in [0.15, 0.2) is 18.2 Å². The molecule has 0 spiro atoms. The Morgan fingerprint density at radius 2 is 2.00 bits per heavy atom. The van der Waals surface area contributed by atoms with E-state index in [4.69, 9.17) is 0 Å². The first-order valence-corrected chi connectivity index (χ1v) is 5.71. The highest BCUT2D eigenvalue weighted by Gasteiger charge is 2.17. The van der Waals surface area contributed by atoms with E-state index in [0.29, 0.717) is 6.04 Å². The van der Waals surface area contributed by atoms with Crippen LogP contribution in [0.3, 0.4) is 0 Å². The Hall–Kier alpha value is -1.18. The predicted molar refractivity (Wildman–Crippen MR) is 66.8 cm³/mol. The van der Waals surface area contributed by atoms with Gasteiger partial charge in [-0.3, -0.25) is 0 Å². The van der Waals surface area contributed by atoms with E-state index < -0.39 is 0 Å². The highest BCUT2D eigenvalue weighted by atomic mass is 15.1. The molecule has 0 heterocycles. The number of nitrogens with zero attached hydrogens (tertiary/aromatic N) is 1. The molecule has 1 N–H and O–H groups in total. The number of aryl methyl sites for hydroxylation is 1. The molecule has 82 valence electrons. The van der Waals surface area contributed by atoms with Gasteiger partial charge in [0.2, 0.25) is 0 Å². The Labute approximate surface area is 92.3 Å². The van der Waals surface area contributed by atoms with Crippen LogP contribution in [0.2, 0.25) is 0 Å². The molecule has 1 fully saturated rings. The highest BCUT2D eigenvalue weighted by Crippen LogP contribution is 2.27. The minimum absolute atomic E-state index is 0.717. The smallest absolute Gasteiger partial charge is 0.0373 e. The monoisotopic (exact) mass is 204 g/mol. The molecule has 1 aromatic rings. The summed E-state index contributed by atoms with van der Waals surface area (Å²) in [5.74, 6) is 0. The quantitative estimate of drug-likeness (QED) is 0.814. The number of hydrogen-bond donors (Lipinski definition) is 1. The van der Waals surface area contributed by atoms with E-state index in [1.807, 2.05) is 0 Å². The lowest BCUT2D eigenvalue weighted by Gasteiger charge is -2.28. The lowest BCUT2D eigenvalue weighted by atomic mass is 9.92. The van der Waals surface area contributed by atoms with E-state index in [-0.39, 0.29) is 0 Å². The summed E-state index contributed by atoms with van der Waals surface area (Å²) in [7, 11) is 4.15. The van der Waals surface area contributed by atoms with Crippen LogP contribution in [0, 0.1) is 6.92 Å². The molecular formula is C13H20N2. The zero-order chi connectivity index (χ0) is 10.8. The van der Waals surface area contributed by atoms with Gasteiger partial charge in [-0.25, -0.2) is 0 Å². The Bertz CT molecular complexity index is 340. The second-order valence-corrected chi connectivity index (χ2v) is 4.67. The summed E-state index contributed by atoms with van der Waals surface area (Å²) >= 11 is 0. The summed E-state index contributed by atoms with van der Waals surface area (Å²) in [6.45, 7) is 2.17. The predicted octanol–water partition coefficient (Wildman–Crippen LogP) is 3.03. The van der Waals surface area contributed by atoms with Crippen molar-refractivity contribution in [3.63, 3.8) is 0 Å². The molecule has 1 saturated carbocycles. The third kappa shape index (κ3) is 2.25. The lowest BCUT2D eigenvalue weighted by molar-refractivity contribution is 0.445. The normalized spacial score (nSPS) is 15.9. The van der Waals surface area contributed by atoms with Crippen LogP contribution in [0.25, 0.3) is 0 Å². The number of rotatable bonds is 3. The standard InChI is InChI=1S/C13H20N2/c1-10-9-12(15(2)3)7-8-13(10)14-11-5-4-6-11/h7-9,11,14H,4-6H2,1-3H3. The second-order valence-electron chi connectivity index (χ2n) is 4.67. The van der Waals surface area contributed by atoms with Gasteiger partial charge in [0.05, 0.1) is 0 Å². The average molecular weight is 204 g/mol. The van der Waals surface area contributed by atoms with Crippen molar-refractivity contribution in [3.8, 4) is 0 Å². The minimum atomic E-state index is 0.717. The number of anilines is 2. The molecular weight excluding hydrogens is 184 g/mol. The number of nitrogens with one attached hydrogen (secondary N) is 1. The summed E-state index contributed by atoms with van der Waals surface area (Å²) < 4.78 is 0. The number of hydrogen-bond acceptors (Lipinski definition) is 2. The summed E-state index contributed by atoms with van der Waals surface area (Å²) in [6, 6.07) is 7.33. The van der Waals surface area contributed by atoms with Gasteiger partial charge >= 0.3 is 0 Å². The second kappa shape index (κ2) is 4.13. The molecule has 2 heteroatoms. The maximum Gasteiger partial charge on any atom is 0.0373 e. The summed E-state index contributed by atoms with van der Waals surface area (Å²) in [5, 5.41) is 3.59. The van der Waals surface area contributed by atoms with E-state index in [1.54, 1.807) is 0 Å². The fourth-order valence-electron chi connectivity index (χ4n) is 1.86. The van der Waals surface area contributed by atoms with Crippen molar-refractivity contribution in [2.45, 2.75) is 32.2 Å². The molecule has 0 aromatic heterocycles. The van der Waals surface area contributed by atoms with Crippen molar-refractivity contribution in [1.82, 2.24) is 0 Å². The molecule has 1 aliphatic carbocycles. The van der Waals surface area contributed by atoms with Crippen LogP contribution in [-0.4, -0.2) is 20.1 Å². The van der Waals surface area contributed by atoms with Crippen LogP contribution in [0.1, 0.15) is 24.8 Å². The van der Waals surface area contributed by atoms with Crippen molar-refractivity contribution in [3.05, 3.63) is 23.8 Å². The van der Waals surface area contributed by atoms with E-state index >= 15 is 0 Å². The molecule has 0 unspecified atom stereocenters. The first kappa shape index (κ1) is 10.3. The van der Waals surface area contributed by atoms with Crippen LogP contribution < -0.4 is 10.2 Å². The molecule has 1 aliphatic rings. The van der Waals surface area contributed by atoms with Crippen molar-refractivity contribution in [2.75, 3.05) is 24.3 Å². The molecule has 1 aromatic carbocycles. The van der Waals surface area contributed by atoms with Crippen LogP contribution in [0.5, 0.6) is 0 Å². The van der Waals surface area contributed by atoms with E-state index in [1.165, 1.54) is 36.2 Å².